The second kappa shape index (κ2) is 7.62. The standard InChI is InChI=1S/C12H20N4O2/c1-3-4-10(8-18-2)15-12(17)11-6-5-9(16-13)7-14-11/h5-7,10,16H,3-4,8,13H2,1-2H3,(H,15,17). The number of hydrogen-bond donors (Lipinski definition) is 3. The molecule has 1 heterocycles. The second-order valence-corrected chi connectivity index (χ2v) is 3.99. The van der Waals surface area contributed by atoms with Crippen LogP contribution in [-0.2, 0) is 4.74 Å². The third-order valence-electron chi connectivity index (χ3n) is 2.50. The lowest BCUT2D eigenvalue weighted by molar-refractivity contribution is 0.0886. The van der Waals surface area contributed by atoms with Crippen molar-refractivity contribution in [3.05, 3.63) is 24.0 Å². The summed E-state index contributed by atoms with van der Waals surface area (Å²) in [5.74, 6) is 5.03. The minimum absolute atomic E-state index is 0.0154. The number of anilines is 1. The molecule has 1 atom stereocenters. The molecule has 0 spiro atoms. The highest BCUT2D eigenvalue weighted by atomic mass is 16.5. The van der Waals surface area contributed by atoms with Crippen molar-refractivity contribution >= 4 is 11.6 Å². The number of aromatic nitrogens is 1. The highest BCUT2D eigenvalue weighted by Gasteiger charge is 2.13. The first kappa shape index (κ1) is 14.4. The molecule has 0 aromatic carbocycles. The van der Waals surface area contributed by atoms with Gasteiger partial charge in [0.15, 0.2) is 0 Å². The molecule has 6 heteroatoms. The van der Waals surface area contributed by atoms with Crippen LogP contribution in [0.4, 0.5) is 5.69 Å². The van der Waals surface area contributed by atoms with Crippen LogP contribution in [0.15, 0.2) is 18.3 Å². The van der Waals surface area contributed by atoms with Gasteiger partial charge in [0.1, 0.15) is 5.69 Å². The molecule has 1 aromatic rings. The fourth-order valence-corrected chi connectivity index (χ4v) is 1.62. The van der Waals surface area contributed by atoms with Gasteiger partial charge in [0.05, 0.1) is 24.5 Å². The second-order valence-electron chi connectivity index (χ2n) is 3.99. The number of hydrazine groups is 1. The van der Waals surface area contributed by atoms with Gasteiger partial charge in [0, 0.05) is 7.11 Å². The topological polar surface area (TPSA) is 89.3 Å². The van der Waals surface area contributed by atoms with Crippen molar-refractivity contribution in [2.24, 2.45) is 5.84 Å². The first-order chi connectivity index (χ1) is 8.71. The maximum atomic E-state index is 11.9. The van der Waals surface area contributed by atoms with Crippen LogP contribution in [0.2, 0.25) is 0 Å². The number of rotatable bonds is 7. The summed E-state index contributed by atoms with van der Waals surface area (Å²) in [7, 11) is 1.62. The number of carbonyl (C=O) groups excluding carboxylic acids is 1. The normalized spacial score (nSPS) is 11.9. The highest BCUT2D eigenvalue weighted by Crippen LogP contribution is 2.05. The minimum atomic E-state index is -0.200. The highest BCUT2D eigenvalue weighted by molar-refractivity contribution is 5.92. The van der Waals surface area contributed by atoms with Gasteiger partial charge in [-0.25, -0.2) is 4.98 Å². The quantitative estimate of drug-likeness (QED) is 0.496. The summed E-state index contributed by atoms with van der Waals surface area (Å²) in [5, 5.41) is 2.89. The Morgan fingerprint density at radius 1 is 1.56 bits per heavy atom. The molecule has 0 bridgehead atoms. The lowest BCUT2D eigenvalue weighted by atomic mass is 10.1. The molecule has 1 amide bonds. The molecule has 1 unspecified atom stereocenters. The number of hydrogen-bond acceptors (Lipinski definition) is 5. The molecule has 0 aliphatic rings. The Balaban J connectivity index is 2.61. The summed E-state index contributed by atoms with van der Waals surface area (Å²) >= 11 is 0. The van der Waals surface area contributed by atoms with Gasteiger partial charge in [-0.15, -0.1) is 0 Å². The monoisotopic (exact) mass is 252 g/mol. The average Bonchev–Trinajstić information content (AvgIpc) is 2.39. The Hall–Kier alpha value is -1.66. The number of pyridine rings is 1. The van der Waals surface area contributed by atoms with E-state index in [1.54, 1.807) is 19.2 Å². The number of nitrogens with one attached hydrogen (secondary N) is 2. The van der Waals surface area contributed by atoms with Crippen LogP contribution in [-0.4, -0.2) is 30.6 Å². The van der Waals surface area contributed by atoms with Gasteiger partial charge in [0.2, 0.25) is 0 Å². The van der Waals surface area contributed by atoms with E-state index in [4.69, 9.17) is 10.6 Å². The maximum Gasteiger partial charge on any atom is 0.270 e. The number of carbonyl (C=O) groups is 1. The van der Waals surface area contributed by atoms with Crippen molar-refractivity contribution < 1.29 is 9.53 Å². The zero-order valence-corrected chi connectivity index (χ0v) is 10.8. The van der Waals surface area contributed by atoms with E-state index in [0.29, 0.717) is 18.0 Å². The zero-order chi connectivity index (χ0) is 13.4. The van der Waals surface area contributed by atoms with Gasteiger partial charge in [-0.05, 0) is 18.6 Å². The fraction of sp³-hybridized carbons (Fsp3) is 0.500. The number of nitrogen functional groups attached to an aromatic ring is 1. The van der Waals surface area contributed by atoms with Crippen molar-refractivity contribution in [1.82, 2.24) is 10.3 Å². The van der Waals surface area contributed by atoms with Crippen LogP contribution in [0.1, 0.15) is 30.3 Å². The van der Waals surface area contributed by atoms with Gasteiger partial charge >= 0.3 is 0 Å². The lowest BCUT2D eigenvalue weighted by Gasteiger charge is -2.16. The van der Waals surface area contributed by atoms with Crippen LogP contribution in [0.25, 0.3) is 0 Å². The summed E-state index contributed by atoms with van der Waals surface area (Å²) in [6, 6.07) is 3.34. The van der Waals surface area contributed by atoms with Crippen LogP contribution in [0.5, 0.6) is 0 Å². The van der Waals surface area contributed by atoms with Crippen LogP contribution >= 0.6 is 0 Å². The molecule has 0 aliphatic carbocycles. The van der Waals surface area contributed by atoms with Gasteiger partial charge in [-0.1, -0.05) is 13.3 Å². The van der Waals surface area contributed by atoms with E-state index in [-0.39, 0.29) is 11.9 Å². The molecular formula is C12H20N4O2. The fourth-order valence-electron chi connectivity index (χ4n) is 1.62. The van der Waals surface area contributed by atoms with Crippen LogP contribution in [0.3, 0.4) is 0 Å². The molecule has 0 saturated carbocycles. The smallest absolute Gasteiger partial charge is 0.270 e. The maximum absolute atomic E-state index is 11.9. The predicted octanol–water partition coefficient (Wildman–Crippen LogP) is 0.912. The lowest BCUT2D eigenvalue weighted by Crippen LogP contribution is -2.38. The van der Waals surface area contributed by atoms with Gasteiger partial charge in [-0.2, -0.15) is 0 Å². The molecule has 0 fully saturated rings. The molecule has 0 aliphatic heterocycles. The van der Waals surface area contributed by atoms with Crippen LogP contribution in [0, 0.1) is 0 Å². The summed E-state index contributed by atoms with van der Waals surface area (Å²) < 4.78 is 5.07. The Labute approximate surface area is 107 Å². The summed E-state index contributed by atoms with van der Waals surface area (Å²) in [6.45, 7) is 2.57. The molecule has 1 aromatic heterocycles. The Morgan fingerprint density at radius 3 is 2.83 bits per heavy atom. The Kier molecular flexibility index (Phi) is 6.10. The summed E-state index contributed by atoms with van der Waals surface area (Å²) in [4.78, 5) is 16.0. The first-order valence-corrected chi connectivity index (χ1v) is 5.93. The van der Waals surface area contributed by atoms with Crippen molar-refractivity contribution in [3.8, 4) is 0 Å². The first-order valence-electron chi connectivity index (χ1n) is 5.93. The number of nitrogens with two attached hydrogens (primary N) is 1. The van der Waals surface area contributed by atoms with E-state index in [1.807, 2.05) is 0 Å². The summed E-state index contributed by atoms with van der Waals surface area (Å²) in [6.07, 6.45) is 3.37. The van der Waals surface area contributed by atoms with Crippen LogP contribution < -0.4 is 16.6 Å². The zero-order valence-electron chi connectivity index (χ0n) is 10.8. The third-order valence-corrected chi connectivity index (χ3v) is 2.50. The SMILES string of the molecule is CCCC(COC)NC(=O)c1ccc(NN)cn1. The molecule has 4 N–H and O–H groups in total. The van der Waals surface area contributed by atoms with E-state index in [9.17, 15) is 4.79 Å². The molecule has 0 radical (unpaired) electrons. The molecule has 18 heavy (non-hydrogen) atoms. The number of amides is 1. The Bertz CT molecular complexity index is 361. The number of methoxy groups -OCH3 is 1. The van der Waals surface area contributed by atoms with Gasteiger partial charge in [-0.3, -0.25) is 10.6 Å². The molecule has 100 valence electrons. The number of nitrogens with zero attached hydrogens (tertiary/aromatic N) is 1. The van der Waals surface area contributed by atoms with E-state index in [0.717, 1.165) is 12.8 Å². The van der Waals surface area contributed by atoms with Gasteiger partial charge in [0.25, 0.3) is 5.91 Å². The van der Waals surface area contributed by atoms with Crippen molar-refractivity contribution in [3.63, 3.8) is 0 Å². The third kappa shape index (κ3) is 4.31. The molecular weight excluding hydrogens is 232 g/mol. The largest absolute Gasteiger partial charge is 0.383 e. The molecule has 6 nitrogen and oxygen atoms in total. The van der Waals surface area contributed by atoms with Crippen molar-refractivity contribution in [2.75, 3.05) is 19.1 Å². The summed E-state index contributed by atoms with van der Waals surface area (Å²) in [5.41, 5.74) is 3.49. The van der Waals surface area contributed by atoms with Crippen molar-refractivity contribution in [2.45, 2.75) is 25.8 Å². The van der Waals surface area contributed by atoms with E-state index in [1.165, 1.54) is 6.20 Å². The van der Waals surface area contributed by atoms with E-state index in [2.05, 4.69) is 22.7 Å². The molecule has 1 rings (SSSR count). The van der Waals surface area contributed by atoms with Crippen molar-refractivity contribution in [1.29, 1.82) is 0 Å². The Morgan fingerprint density at radius 2 is 2.33 bits per heavy atom. The predicted molar refractivity (Wildman–Crippen MR) is 70.1 cm³/mol. The average molecular weight is 252 g/mol. The van der Waals surface area contributed by atoms with E-state index < -0.39 is 0 Å². The number of ether oxygens (including phenoxy) is 1. The van der Waals surface area contributed by atoms with E-state index >= 15 is 0 Å². The minimum Gasteiger partial charge on any atom is -0.383 e. The molecule has 0 saturated heterocycles. The van der Waals surface area contributed by atoms with Gasteiger partial charge < -0.3 is 15.5 Å².